The summed E-state index contributed by atoms with van der Waals surface area (Å²) in [7, 11) is -2.22. The molecule has 0 spiro atoms. The standard InChI is InChI=1S/C15H12N8O2S2/c1-8-13(23(2)14(19-8)9(6-16)7-17)20-21-15-11-5-10(27(18,24)25)3-4-12(11)22-26-15/h3-5,9H,1-2H3,(H2,18,24,25)/b21-20+. The summed E-state index contributed by atoms with van der Waals surface area (Å²) >= 11 is 1.05. The lowest BCUT2D eigenvalue weighted by atomic mass is 10.2. The van der Waals surface area contributed by atoms with Crippen molar-refractivity contribution < 1.29 is 8.42 Å². The van der Waals surface area contributed by atoms with Gasteiger partial charge in [0.25, 0.3) is 0 Å². The number of aryl methyl sites for hydroxylation is 1. The number of fused-ring (bicyclic) bond motifs is 1. The third-order valence-electron chi connectivity index (χ3n) is 3.78. The van der Waals surface area contributed by atoms with Gasteiger partial charge in [0.05, 0.1) is 28.2 Å². The third kappa shape index (κ3) is 3.41. The van der Waals surface area contributed by atoms with Crippen LogP contribution in [0.2, 0.25) is 0 Å². The molecule has 0 radical (unpaired) electrons. The fourth-order valence-electron chi connectivity index (χ4n) is 2.44. The molecule has 0 saturated carbocycles. The highest BCUT2D eigenvalue weighted by Crippen LogP contribution is 2.34. The van der Waals surface area contributed by atoms with E-state index in [1.54, 1.807) is 20.0 Å². The molecule has 27 heavy (non-hydrogen) atoms. The van der Waals surface area contributed by atoms with Crippen LogP contribution in [-0.2, 0) is 17.1 Å². The van der Waals surface area contributed by atoms with Gasteiger partial charge in [0.1, 0.15) is 5.82 Å². The van der Waals surface area contributed by atoms with Gasteiger partial charge >= 0.3 is 0 Å². The second kappa shape index (κ2) is 6.85. The molecule has 0 saturated heterocycles. The maximum absolute atomic E-state index is 11.5. The van der Waals surface area contributed by atoms with E-state index in [1.165, 1.54) is 16.7 Å². The Hall–Kier alpha value is -3.19. The molecule has 10 nitrogen and oxygen atoms in total. The molecular weight excluding hydrogens is 388 g/mol. The predicted octanol–water partition coefficient (Wildman–Crippen LogP) is 2.53. The summed E-state index contributed by atoms with van der Waals surface area (Å²) < 4.78 is 28.8. The van der Waals surface area contributed by atoms with Crippen molar-refractivity contribution in [2.45, 2.75) is 17.7 Å². The Morgan fingerprint density at radius 3 is 2.63 bits per heavy atom. The minimum atomic E-state index is -3.85. The zero-order valence-electron chi connectivity index (χ0n) is 14.2. The van der Waals surface area contributed by atoms with Gasteiger partial charge in [-0.05, 0) is 36.7 Å². The second-order valence-corrected chi connectivity index (χ2v) is 7.85. The van der Waals surface area contributed by atoms with E-state index in [0.717, 1.165) is 11.5 Å². The number of hydrogen-bond acceptors (Lipinski definition) is 9. The predicted molar refractivity (Wildman–Crippen MR) is 97.1 cm³/mol. The van der Waals surface area contributed by atoms with Crippen molar-refractivity contribution in [2.24, 2.45) is 22.4 Å². The Bertz CT molecular complexity index is 1240. The Morgan fingerprint density at radius 1 is 1.30 bits per heavy atom. The molecular formula is C15H12N8O2S2. The minimum Gasteiger partial charge on any atom is -0.313 e. The Balaban J connectivity index is 2.05. The van der Waals surface area contributed by atoms with Crippen LogP contribution in [0.15, 0.2) is 33.3 Å². The lowest BCUT2D eigenvalue weighted by Gasteiger charge is -2.01. The van der Waals surface area contributed by atoms with Crippen LogP contribution in [-0.4, -0.2) is 22.3 Å². The van der Waals surface area contributed by atoms with Crippen LogP contribution < -0.4 is 5.14 Å². The van der Waals surface area contributed by atoms with Crippen molar-refractivity contribution in [1.29, 1.82) is 10.5 Å². The number of rotatable bonds is 4. The van der Waals surface area contributed by atoms with Gasteiger partial charge in [0.2, 0.25) is 10.0 Å². The molecule has 136 valence electrons. The first-order valence-corrected chi connectivity index (χ1v) is 9.74. The van der Waals surface area contributed by atoms with Crippen molar-refractivity contribution >= 4 is 43.3 Å². The summed E-state index contributed by atoms with van der Waals surface area (Å²) in [6.07, 6.45) is 0. The number of imidazole rings is 1. The molecule has 2 aromatic heterocycles. The molecule has 3 rings (SSSR count). The molecule has 0 amide bonds. The summed E-state index contributed by atoms with van der Waals surface area (Å²) in [4.78, 5) is 4.17. The first-order chi connectivity index (χ1) is 12.8. The average molecular weight is 400 g/mol. The van der Waals surface area contributed by atoms with Crippen molar-refractivity contribution in [3.05, 3.63) is 29.7 Å². The number of benzene rings is 1. The Labute approximate surface area is 158 Å². The topological polar surface area (TPSA) is 163 Å². The molecule has 0 fully saturated rings. The van der Waals surface area contributed by atoms with Crippen LogP contribution in [0.3, 0.4) is 0 Å². The van der Waals surface area contributed by atoms with Crippen LogP contribution >= 0.6 is 11.5 Å². The SMILES string of the molecule is Cc1nc(C(C#N)C#N)n(C)c1/N=N/c1snc2ccc(S(N)(=O)=O)cc12. The highest BCUT2D eigenvalue weighted by Gasteiger charge is 2.20. The molecule has 0 aliphatic rings. The van der Waals surface area contributed by atoms with Gasteiger partial charge in [-0.15, -0.1) is 10.2 Å². The number of sulfonamides is 1. The van der Waals surface area contributed by atoms with Crippen LogP contribution in [0.4, 0.5) is 10.8 Å². The molecule has 0 aliphatic carbocycles. The largest absolute Gasteiger partial charge is 0.313 e. The lowest BCUT2D eigenvalue weighted by molar-refractivity contribution is 0.598. The summed E-state index contributed by atoms with van der Waals surface area (Å²) in [6.45, 7) is 1.69. The van der Waals surface area contributed by atoms with Crippen molar-refractivity contribution in [3.8, 4) is 12.1 Å². The van der Waals surface area contributed by atoms with E-state index in [-0.39, 0.29) is 10.7 Å². The van der Waals surface area contributed by atoms with E-state index >= 15 is 0 Å². The van der Waals surface area contributed by atoms with Gasteiger partial charge in [-0.25, -0.2) is 18.5 Å². The van der Waals surface area contributed by atoms with Crippen molar-refractivity contribution in [3.63, 3.8) is 0 Å². The Morgan fingerprint density at radius 2 is 2.00 bits per heavy atom. The number of aromatic nitrogens is 3. The summed E-state index contributed by atoms with van der Waals surface area (Å²) in [5.74, 6) is -0.360. The van der Waals surface area contributed by atoms with Crippen LogP contribution in [0.25, 0.3) is 10.9 Å². The van der Waals surface area contributed by atoms with Crippen LogP contribution in [0, 0.1) is 29.6 Å². The van der Waals surface area contributed by atoms with Gasteiger partial charge in [-0.3, -0.25) is 0 Å². The lowest BCUT2D eigenvalue weighted by Crippen LogP contribution is -2.11. The van der Waals surface area contributed by atoms with E-state index in [0.29, 0.717) is 27.4 Å². The molecule has 2 heterocycles. The maximum atomic E-state index is 11.5. The zero-order valence-corrected chi connectivity index (χ0v) is 15.8. The maximum Gasteiger partial charge on any atom is 0.238 e. The van der Waals surface area contributed by atoms with Gasteiger partial charge in [0, 0.05) is 12.4 Å². The number of primary sulfonamides is 1. The monoisotopic (exact) mass is 400 g/mol. The fraction of sp³-hybridized carbons (Fsp3) is 0.200. The van der Waals surface area contributed by atoms with Crippen LogP contribution in [0.1, 0.15) is 17.4 Å². The van der Waals surface area contributed by atoms with E-state index in [2.05, 4.69) is 19.6 Å². The summed E-state index contributed by atoms with van der Waals surface area (Å²) in [5, 5.41) is 32.5. The summed E-state index contributed by atoms with van der Waals surface area (Å²) in [6, 6.07) is 8.05. The molecule has 0 unspecified atom stereocenters. The number of azo groups is 1. The fourth-order valence-corrected chi connectivity index (χ4v) is 3.66. The highest BCUT2D eigenvalue weighted by atomic mass is 32.2. The number of hydrogen-bond donors (Lipinski definition) is 1. The van der Waals surface area contributed by atoms with Crippen molar-refractivity contribution in [2.75, 3.05) is 0 Å². The minimum absolute atomic E-state index is 0.0449. The van der Waals surface area contributed by atoms with E-state index in [4.69, 9.17) is 15.7 Å². The van der Waals surface area contributed by atoms with E-state index < -0.39 is 15.9 Å². The first-order valence-electron chi connectivity index (χ1n) is 7.42. The number of nitrogens with zero attached hydrogens (tertiary/aromatic N) is 7. The average Bonchev–Trinajstić information content (AvgIpc) is 3.15. The van der Waals surface area contributed by atoms with E-state index in [9.17, 15) is 8.42 Å². The van der Waals surface area contributed by atoms with E-state index in [1.807, 2.05) is 12.1 Å². The molecule has 0 bridgehead atoms. The number of nitriles is 2. The number of nitrogens with two attached hydrogens (primary N) is 1. The normalized spacial score (nSPS) is 11.9. The van der Waals surface area contributed by atoms with Gasteiger partial charge in [-0.1, -0.05) is 0 Å². The Kier molecular flexibility index (Phi) is 4.72. The molecule has 3 aromatic rings. The molecule has 1 aromatic carbocycles. The molecule has 0 atom stereocenters. The zero-order chi connectivity index (χ0) is 19.8. The molecule has 0 aliphatic heterocycles. The van der Waals surface area contributed by atoms with Gasteiger partial charge in [0.15, 0.2) is 16.7 Å². The second-order valence-electron chi connectivity index (χ2n) is 5.54. The summed E-state index contributed by atoms with van der Waals surface area (Å²) in [5.41, 5.74) is 1.07. The quantitative estimate of drug-likeness (QED) is 0.661. The first kappa shape index (κ1) is 18.6. The molecule has 2 N–H and O–H groups in total. The smallest absolute Gasteiger partial charge is 0.238 e. The van der Waals surface area contributed by atoms with Gasteiger partial charge < -0.3 is 4.57 Å². The molecule has 12 heteroatoms. The van der Waals surface area contributed by atoms with Crippen LogP contribution in [0.5, 0.6) is 0 Å². The highest BCUT2D eigenvalue weighted by molar-refractivity contribution is 7.89. The third-order valence-corrected chi connectivity index (χ3v) is 5.45. The van der Waals surface area contributed by atoms with Crippen molar-refractivity contribution in [1.82, 2.24) is 13.9 Å². The van der Waals surface area contributed by atoms with Gasteiger partial charge in [-0.2, -0.15) is 14.9 Å².